The quantitative estimate of drug-likeness (QED) is 0.541. The van der Waals surface area contributed by atoms with E-state index >= 15 is 0 Å². The van der Waals surface area contributed by atoms with Crippen molar-refractivity contribution in [3.05, 3.63) is 51.5 Å². The Kier molecular flexibility index (Phi) is 6.28. The maximum absolute atomic E-state index is 14.0. The minimum atomic E-state index is -3.91. The average Bonchev–Trinajstić information content (AvgIpc) is 2.77. The van der Waals surface area contributed by atoms with Crippen LogP contribution in [0.5, 0.6) is 5.75 Å². The number of halogens is 1. The van der Waals surface area contributed by atoms with Crippen LogP contribution in [-0.4, -0.2) is 45.3 Å². The number of benzene rings is 1. The van der Waals surface area contributed by atoms with Crippen molar-refractivity contribution in [3.8, 4) is 5.75 Å². The molecule has 34 heavy (non-hydrogen) atoms. The van der Waals surface area contributed by atoms with Gasteiger partial charge in [-0.1, -0.05) is 0 Å². The zero-order valence-corrected chi connectivity index (χ0v) is 20.5. The molecule has 1 amide bonds. The number of rotatable bonds is 4. The molecule has 186 valence electrons. The number of hydrogen-bond donors (Lipinski definition) is 3. The van der Waals surface area contributed by atoms with Crippen molar-refractivity contribution in [2.45, 2.75) is 46.4 Å². The predicted octanol–water partition coefficient (Wildman–Crippen LogP) is 1.47. The molecule has 3 heterocycles. The summed E-state index contributed by atoms with van der Waals surface area (Å²) in [5.74, 6) is -1.95. The van der Waals surface area contributed by atoms with E-state index in [-0.39, 0.29) is 49.5 Å². The molecule has 10 nitrogen and oxygen atoms in total. The first-order valence-electron chi connectivity index (χ1n) is 10.9. The summed E-state index contributed by atoms with van der Waals surface area (Å²) in [6, 6.07) is 3.73. The van der Waals surface area contributed by atoms with Gasteiger partial charge in [0.25, 0.3) is 0 Å². The van der Waals surface area contributed by atoms with Crippen LogP contribution in [0, 0.1) is 11.2 Å². The molecule has 12 heteroatoms. The van der Waals surface area contributed by atoms with Gasteiger partial charge >= 0.3 is 196 Å². The van der Waals surface area contributed by atoms with Crippen molar-refractivity contribution < 1.29 is 33.0 Å². The number of nitrogens with zero attached hydrogens (tertiary/aromatic N) is 2. The molecule has 2 aliphatic rings. The van der Waals surface area contributed by atoms with Gasteiger partial charge in [0.15, 0.2) is 0 Å². The summed E-state index contributed by atoms with van der Waals surface area (Å²) in [6.07, 6.45) is 0. The second-order valence-electron chi connectivity index (χ2n) is 9.76. The molecule has 3 N–H and O–H groups in total. The van der Waals surface area contributed by atoms with Crippen molar-refractivity contribution in [3.63, 3.8) is 0 Å². The van der Waals surface area contributed by atoms with Crippen molar-refractivity contribution in [1.29, 1.82) is 0 Å². The molecule has 1 fully saturated rings. The van der Waals surface area contributed by atoms with E-state index in [1.165, 1.54) is 16.7 Å². The summed E-state index contributed by atoms with van der Waals surface area (Å²) >= 11 is 0. The van der Waals surface area contributed by atoms with E-state index < -0.39 is 42.3 Å². The third-order valence-corrected chi connectivity index (χ3v) is 8.06. The molecule has 0 saturated carbocycles. The summed E-state index contributed by atoms with van der Waals surface area (Å²) in [5.41, 5.74) is -2.03. The summed E-state index contributed by atoms with van der Waals surface area (Å²) in [7, 11) is -3.91. The third-order valence-electron chi connectivity index (χ3n) is 5.85. The standard InChI is InChI=1S/C22H29FN3O7P/c1-21(2)11-32-34(30,33-12-21)15-9-14(23)6-5-13(15)10-24-18(28)16-17(27)19(29)26-7-8-31-22(3,4)20(26)25-16/h5-6,9,27,30,34H,7-8,10-12H2,1-4H3,(H,24,28). The van der Waals surface area contributed by atoms with E-state index in [4.69, 9.17) is 13.8 Å². The van der Waals surface area contributed by atoms with Crippen molar-refractivity contribution in [1.82, 2.24) is 14.9 Å². The Labute approximate surface area is 196 Å². The van der Waals surface area contributed by atoms with Crippen LogP contribution in [0.15, 0.2) is 23.0 Å². The van der Waals surface area contributed by atoms with E-state index in [1.807, 2.05) is 13.8 Å². The Bertz CT molecular complexity index is 1190. The molecule has 1 aromatic carbocycles. The van der Waals surface area contributed by atoms with Gasteiger partial charge in [0.2, 0.25) is 0 Å². The molecular weight excluding hydrogens is 468 g/mol. The first kappa shape index (κ1) is 24.7. The molecular formula is C22H29FN3O7P. The second kappa shape index (κ2) is 8.66. The molecule has 0 spiro atoms. The second-order valence-corrected chi connectivity index (χ2v) is 12.0. The van der Waals surface area contributed by atoms with E-state index in [0.29, 0.717) is 5.56 Å². The monoisotopic (exact) mass is 497 g/mol. The van der Waals surface area contributed by atoms with Gasteiger partial charge in [0, 0.05) is 0 Å². The van der Waals surface area contributed by atoms with Gasteiger partial charge in [0.1, 0.15) is 0 Å². The number of aromatic hydroxyl groups is 1. The normalized spacial score (nSPS) is 21.4. The average molecular weight is 497 g/mol. The predicted molar refractivity (Wildman–Crippen MR) is 123 cm³/mol. The van der Waals surface area contributed by atoms with Gasteiger partial charge in [-0.25, -0.2) is 0 Å². The zero-order chi connectivity index (χ0) is 24.9. The fraction of sp³-hybridized carbons (Fsp3) is 0.500. The molecule has 0 atom stereocenters. The summed E-state index contributed by atoms with van der Waals surface area (Å²) in [6.45, 7) is 8.04. The van der Waals surface area contributed by atoms with Crippen molar-refractivity contribution in [2.75, 3.05) is 19.8 Å². The Balaban J connectivity index is 1.60. The Morgan fingerprint density at radius 1 is 1.26 bits per heavy atom. The SMILES string of the molecule is CC1(C)CO[PH](O)(c2cc(F)ccc2CNC(=O)c2nc3n(c(=O)c2O)CCOC3(C)C)OC1. The molecule has 2 aliphatic heterocycles. The summed E-state index contributed by atoms with van der Waals surface area (Å²) in [4.78, 5) is 40.8. The third kappa shape index (κ3) is 4.58. The number of fused-ring (bicyclic) bond motifs is 1. The van der Waals surface area contributed by atoms with Crippen LogP contribution in [-0.2, 0) is 32.5 Å². The number of amides is 1. The molecule has 0 bridgehead atoms. The number of hydrogen-bond acceptors (Lipinski definition) is 8. The van der Waals surface area contributed by atoms with Crippen molar-refractivity contribution >= 4 is 19.2 Å². The van der Waals surface area contributed by atoms with Crippen LogP contribution in [0.25, 0.3) is 0 Å². The number of nitrogens with one attached hydrogen (secondary N) is 1. The van der Waals surface area contributed by atoms with E-state index in [9.17, 15) is 24.0 Å². The Hall–Kier alpha value is -2.43. The van der Waals surface area contributed by atoms with Crippen LogP contribution < -0.4 is 16.2 Å². The number of carbonyl (C=O) groups excluding carboxylic acids is 1. The first-order chi connectivity index (χ1) is 15.8. The van der Waals surface area contributed by atoms with E-state index in [1.54, 1.807) is 13.8 Å². The molecule has 0 radical (unpaired) electrons. The van der Waals surface area contributed by atoms with Crippen LogP contribution in [0.1, 0.15) is 49.6 Å². The van der Waals surface area contributed by atoms with Crippen LogP contribution in [0.3, 0.4) is 0 Å². The Morgan fingerprint density at radius 2 is 1.94 bits per heavy atom. The summed E-state index contributed by atoms with van der Waals surface area (Å²) < 4.78 is 32.3. The van der Waals surface area contributed by atoms with Gasteiger partial charge in [0.05, 0.1) is 0 Å². The number of ether oxygens (including phenoxy) is 1. The molecule has 0 unspecified atom stereocenters. The van der Waals surface area contributed by atoms with Crippen LogP contribution in [0.2, 0.25) is 0 Å². The van der Waals surface area contributed by atoms with Gasteiger partial charge in [-0.2, -0.15) is 0 Å². The van der Waals surface area contributed by atoms with E-state index in [2.05, 4.69) is 10.3 Å². The van der Waals surface area contributed by atoms with E-state index in [0.717, 1.165) is 6.07 Å². The molecule has 4 rings (SSSR count). The van der Waals surface area contributed by atoms with Gasteiger partial charge in [-0.05, 0) is 0 Å². The van der Waals surface area contributed by atoms with Gasteiger partial charge < -0.3 is 0 Å². The van der Waals surface area contributed by atoms with Crippen LogP contribution >= 0.6 is 7.94 Å². The maximum atomic E-state index is 14.0. The first-order valence-corrected chi connectivity index (χ1v) is 12.6. The molecule has 1 saturated heterocycles. The minimum absolute atomic E-state index is 0.139. The zero-order valence-electron chi connectivity index (χ0n) is 19.5. The fourth-order valence-corrected chi connectivity index (χ4v) is 6.37. The molecule has 1 aromatic heterocycles. The van der Waals surface area contributed by atoms with Crippen molar-refractivity contribution in [2.24, 2.45) is 5.41 Å². The summed E-state index contributed by atoms with van der Waals surface area (Å²) in [5, 5.41) is 13.1. The number of aromatic nitrogens is 2. The van der Waals surface area contributed by atoms with Gasteiger partial charge in [-0.3, -0.25) is 0 Å². The topological polar surface area (TPSA) is 132 Å². The van der Waals surface area contributed by atoms with Crippen LogP contribution in [0.4, 0.5) is 4.39 Å². The Morgan fingerprint density at radius 3 is 2.62 bits per heavy atom. The number of carbonyl (C=O) groups is 1. The molecule has 0 aliphatic carbocycles. The van der Waals surface area contributed by atoms with Gasteiger partial charge in [-0.15, -0.1) is 0 Å². The molecule has 2 aromatic rings. The fourth-order valence-electron chi connectivity index (χ4n) is 3.91.